The summed E-state index contributed by atoms with van der Waals surface area (Å²) in [6, 6.07) is 14.5. The van der Waals surface area contributed by atoms with Crippen LogP contribution in [-0.4, -0.2) is 73.8 Å². The summed E-state index contributed by atoms with van der Waals surface area (Å²) >= 11 is 0. The number of fused-ring (bicyclic) bond motifs is 1. The Kier molecular flexibility index (Phi) is 6.57. The molecule has 0 unspecified atom stereocenters. The van der Waals surface area contributed by atoms with Crippen LogP contribution in [0.5, 0.6) is 17.2 Å². The molecule has 8 heteroatoms. The van der Waals surface area contributed by atoms with Gasteiger partial charge in [-0.1, -0.05) is 18.2 Å². The fourth-order valence-corrected chi connectivity index (χ4v) is 3.67. The van der Waals surface area contributed by atoms with Crippen molar-refractivity contribution < 1.29 is 23.8 Å². The van der Waals surface area contributed by atoms with E-state index in [0.29, 0.717) is 42.4 Å². The monoisotopic (exact) mass is 425 g/mol. The van der Waals surface area contributed by atoms with Gasteiger partial charge < -0.3 is 24.4 Å². The molecule has 2 aromatic carbocycles. The zero-order valence-corrected chi connectivity index (χ0v) is 17.6. The van der Waals surface area contributed by atoms with E-state index in [9.17, 15) is 9.59 Å². The molecule has 0 aromatic heterocycles. The second kappa shape index (κ2) is 9.70. The molecule has 1 saturated heterocycles. The van der Waals surface area contributed by atoms with E-state index in [1.165, 1.54) is 0 Å². The van der Waals surface area contributed by atoms with Gasteiger partial charge in [0, 0.05) is 44.8 Å². The van der Waals surface area contributed by atoms with Crippen molar-refractivity contribution in [3.8, 4) is 17.2 Å². The number of amides is 2. The number of rotatable bonds is 7. The van der Waals surface area contributed by atoms with Gasteiger partial charge in [0.2, 0.25) is 6.79 Å². The van der Waals surface area contributed by atoms with Crippen molar-refractivity contribution in [2.45, 2.75) is 13.0 Å². The average molecular weight is 425 g/mol. The average Bonchev–Trinajstić information content (AvgIpc) is 3.27. The Bertz CT molecular complexity index is 913. The summed E-state index contributed by atoms with van der Waals surface area (Å²) < 4.78 is 16.3. The Balaban J connectivity index is 1.17. The second-order valence-electron chi connectivity index (χ2n) is 7.56. The van der Waals surface area contributed by atoms with E-state index in [-0.39, 0.29) is 18.6 Å². The molecule has 0 radical (unpaired) electrons. The molecule has 0 bridgehead atoms. The normalized spacial score (nSPS) is 16.6. The molecule has 0 spiro atoms. The molecule has 31 heavy (non-hydrogen) atoms. The largest absolute Gasteiger partial charge is 0.481 e. The van der Waals surface area contributed by atoms with Gasteiger partial charge in [-0.25, -0.2) is 0 Å². The van der Waals surface area contributed by atoms with Gasteiger partial charge in [0.1, 0.15) is 5.75 Å². The number of hydrogen-bond acceptors (Lipinski definition) is 6. The van der Waals surface area contributed by atoms with Crippen LogP contribution in [0.15, 0.2) is 48.5 Å². The molecule has 0 saturated carbocycles. The second-order valence-corrected chi connectivity index (χ2v) is 7.56. The number of piperazine rings is 1. The third kappa shape index (κ3) is 5.27. The zero-order chi connectivity index (χ0) is 21.6. The lowest BCUT2D eigenvalue weighted by Crippen LogP contribution is -2.52. The number of ether oxygens (including phenoxy) is 3. The van der Waals surface area contributed by atoms with Crippen LogP contribution in [0.3, 0.4) is 0 Å². The lowest BCUT2D eigenvalue weighted by Gasteiger charge is -2.35. The number of carbonyl (C=O) groups excluding carboxylic acids is 2. The van der Waals surface area contributed by atoms with Crippen LogP contribution in [0.4, 0.5) is 0 Å². The van der Waals surface area contributed by atoms with Crippen LogP contribution in [0.1, 0.15) is 17.3 Å². The molecule has 1 N–H and O–H groups in total. The lowest BCUT2D eigenvalue weighted by molar-refractivity contribution is -0.139. The predicted octanol–water partition coefficient (Wildman–Crippen LogP) is 1.76. The minimum Gasteiger partial charge on any atom is -0.481 e. The number of carbonyl (C=O) groups is 2. The first-order valence-corrected chi connectivity index (χ1v) is 10.5. The summed E-state index contributed by atoms with van der Waals surface area (Å²) in [5.41, 5.74) is 0.548. The molecule has 0 aliphatic carbocycles. The van der Waals surface area contributed by atoms with Gasteiger partial charge >= 0.3 is 0 Å². The van der Waals surface area contributed by atoms with Crippen molar-refractivity contribution in [1.29, 1.82) is 0 Å². The highest BCUT2D eigenvalue weighted by Crippen LogP contribution is 2.32. The van der Waals surface area contributed by atoms with Crippen molar-refractivity contribution in [2.75, 3.05) is 46.1 Å². The topological polar surface area (TPSA) is 80.3 Å². The van der Waals surface area contributed by atoms with Crippen molar-refractivity contribution >= 4 is 11.8 Å². The van der Waals surface area contributed by atoms with Gasteiger partial charge in [0.25, 0.3) is 11.8 Å². The Hall–Kier alpha value is -3.26. The van der Waals surface area contributed by atoms with E-state index in [1.807, 2.05) is 35.2 Å². The van der Waals surface area contributed by atoms with Gasteiger partial charge in [-0.15, -0.1) is 0 Å². The highest BCUT2D eigenvalue weighted by molar-refractivity contribution is 5.94. The number of nitrogens with one attached hydrogen (secondary N) is 1. The Morgan fingerprint density at radius 1 is 1.03 bits per heavy atom. The molecule has 4 rings (SSSR count). The standard InChI is InChI=1S/C23H27N3O5/c1-17(31-19-5-3-2-4-6-19)23(28)26-13-11-25(12-14-26)10-9-24-22(27)18-7-8-20-21(15-18)30-16-29-20/h2-8,15,17H,9-14,16H2,1H3,(H,24,27)/t17-/m1/s1. The van der Waals surface area contributed by atoms with Gasteiger partial charge in [-0.05, 0) is 37.3 Å². The first-order chi connectivity index (χ1) is 15.1. The summed E-state index contributed by atoms with van der Waals surface area (Å²) in [5.74, 6) is 1.81. The lowest BCUT2D eigenvalue weighted by atomic mass is 10.2. The van der Waals surface area contributed by atoms with Crippen molar-refractivity contribution in [3.05, 3.63) is 54.1 Å². The smallest absolute Gasteiger partial charge is 0.263 e. The summed E-state index contributed by atoms with van der Waals surface area (Å²) in [5, 5.41) is 2.94. The quantitative estimate of drug-likeness (QED) is 0.728. The maximum atomic E-state index is 12.7. The number of nitrogens with zero attached hydrogens (tertiary/aromatic N) is 2. The van der Waals surface area contributed by atoms with E-state index in [1.54, 1.807) is 25.1 Å². The third-order valence-corrected chi connectivity index (χ3v) is 5.44. The van der Waals surface area contributed by atoms with Crippen LogP contribution in [0.2, 0.25) is 0 Å². The molecule has 2 aromatic rings. The van der Waals surface area contributed by atoms with E-state index >= 15 is 0 Å². The summed E-state index contributed by atoms with van der Waals surface area (Å²) in [6.07, 6.45) is -0.519. The van der Waals surface area contributed by atoms with E-state index in [2.05, 4.69) is 10.2 Å². The third-order valence-electron chi connectivity index (χ3n) is 5.44. The molecule has 8 nitrogen and oxygen atoms in total. The molecule has 1 fully saturated rings. The molecule has 1 atom stereocenters. The SMILES string of the molecule is C[C@@H](Oc1ccccc1)C(=O)N1CCN(CCNC(=O)c2ccc3c(c2)OCO3)CC1. The zero-order valence-electron chi connectivity index (χ0n) is 17.6. The van der Waals surface area contributed by atoms with Gasteiger partial charge in [0.15, 0.2) is 17.6 Å². The highest BCUT2D eigenvalue weighted by atomic mass is 16.7. The van der Waals surface area contributed by atoms with Crippen LogP contribution in [0, 0.1) is 0 Å². The summed E-state index contributed by atoms with van der Waals surface area (Å²) in [4.78, 5) is 29.1. The molecular formula is C23H27N3O5. The van der Waals surface area contributed by atoms with Crippen LogP contribution in [0.25, 0.3) is 0 Å². The van der Waals surface area contributed by atoms with Gasteiger partial charge in [-0.2, -0.15) is 0 Å². The fraction of sp³-hybridized carbons (Fsp3) is 0.391. The van der Waals surface area contributed by atoms with E-state index < -0.39 is 6.10 Å². The van der Waals surface area contributed by atoms with Crippen molar-refractivity contribution in [3.63, 3.8) is 0 Å². The molecule has 164 valence electrons. The summed E-state index contributed by atoms with van der Waals surface area (Å²) in [6.45, 7) is 6.07. The predicted molar refractivity (Wildman–Crippen MR) is 114 cm³/mol. The Morgan fingerprint density at radius 3 is 2.55 bits per heavy atom. The number of hydrogen-bond donors (Lipinski definition) is 1. The minimum absolute atomic E-state index is 0.000357. The minimum atomic E-state index is -0.519. The van der Waals surface area contributed by atoms with Crippen molar-refractivity contribution in [1.82, 2.24) is 15.1 Å². The molecule has 2 amide bonds. The van der Waals surface area contributed by atoms with Gasteiger partial charge in [0.05, 0.1) is 0 Å². The molecule has 2 aliphatic rings. The number of benzene rings is 2. The van der Waals surface area contributed by atoms with E-state index in [4.69, 9.17) is 14.2 Å². The van der Waals surface area contributed by atoms with Crippen LogP contribution < -0.4 is 19.5 Å². The summed E-state index contributed by atoms with van der Waals surface area (Å²) in [7, 11) is 0. The Morgan fingerprint density at radius 2 is 1.77 bits per heavy atom. The first-order valence-electron chi connectivity index (χ1n) is 10.5. The van der Waals surface area contributed by atoms with Crippen LogP contribution >= 0.6 is 0 Å². The molecule has 2 aliphatic heterocycles. The maximum absolute atomic E-state index is 12.7. The van der Waals surface area contributed by atoms with Gasteiger partial charge in [-0.3, -0.25) is 14.5 Å². The first kappa shape index (κ1) is 21.0. The maximum Gasteiger partial charge on any atom is 0.263 e. The van der Waals surface area contributed by atoms with Crippen molar-refractivity contribution in [2.24, 2.45) is 0 Å². The molecule has 2 heterocycles. The molecular weight excluding hydrogens is 398 g/mol. The highest BCUT2D eigenvalue weighted by Gasteiger charge is 2.26. The Labute approximate surface area is 181 Å². The van der Waals surface area contributed by atoms with E-state index in [0.717, 1.165) is 19.6 Å². The van der Waals surface area contributed by atoms with Crippen LogP contribution in [-0.2, 0) is 4.79 Å². The number of para-hydroxylation sites is 1. The fourth-order valence-electron chi connectivity index (χ4n) is 3.67.